The lowest BCUT2D eigenvalue weighted by Gasteiger charge is -2.05. The third-order valence-electron chi connectivity index (χ3n) is 3.29. The van der Waals surface area contributed by atoms with Gasteiger partial charge in [-0.15, -0.1) is 0 Å². The number of methoxy groups -OCH3 is 1. The highest BCUT2D eigenvalue weighted by molar-refractivity contribution is 5.95. The molecule has 100 valence electrons. The largest absolute Gasteiger partial charge is 0.497 e. The molecule has 0 atom stereocenters. The summed E-state index contributed by atoms with van der Waals surface area (Å²) in [5.74, 6) is 0.827. The van der Waals surface area contributed by atoms with Crippen LogP contribution in [-0.4, -0.2) is 23.2 Å². The maximum atomic E-state index is 11.1. The molecule has 0 saturated heterocycles. The van der Waals surface area contributed by atoms with Crippen LogP contribution in [0.1, 0.15) is 16.1 Å². The molecule has 1 heterocycles. The van der Waals surface area contributed by atoms with Crippen molar-refractivity contribution in [2.45, 2.75) is 6.54 Å². The standard InChI is InChI=1S/C16H14N2O2/c1-20-13-8-6-12(7-9-13)10-18-16-5-3-2-4-14(16)15(11-19)17-18/h2-9,11H,10H2,1H3. The zero-order valence-electron chi connectivity index (χ0n) is 11.1. The van der Waals surface area contributed by atoms with E-state index >= 15 is 0 Å². The minimum Gasteiger partial charge on any atom is -0.497 e. The molecule has 0 fully saturated rings. The van der Waals surface area contributed by atoms with Gasteiger partial charge in [-0.25, -0.2) is 0 Å². The van der Waals surface area contributed by atoms with Crippen LogP contribution < -0.4 is 4.74 Å². The van der Waals surface area contributed by atoms with Crippen LogP contribution in [0.2, 0.25) is 0 Å². The van der Waals surface area contributed by atoms with Gasteiger partial charge in [-0.1, -0.05) is 30.3 Å². The molecule has 0 saturated carbocycles. The second-order valence-electron chi connectivity index (χ2n) is 4.53. The van der Waals surface area contributed by atoms with E-state index in [1.54, 1.807) is 7.11 Å². The Bertz CT molecular complexity index is 745. The number of fused-ring (bicyclic) bond motifs is 1. The summed E-state index contributed by atoms with van der Waals surface area (Å²) in [5.41, 5.74) is 2.55. The summed E-state index contributed by atoms with van der Waals surface area (Å²) in [7, 11) is 1.65. The minimum atomic E-state index is 0.481. The molecule has 0 radical (unpaired) electrons. The second kappa shape index (κ2) is 5.17. The molecule has 4 heteroatoms. The third-order valence-corrected chi connectivity index (χ3v) is 3.29. The number of nitrogens with zero attached hydrogens (tertiary/aromatic N) is 2. The Morgan fingerprint density at radius 3 is 2.60 bits per heavy atom. The summed E-state index contributed by atoms with van der Waals surface area (Å²) in [4.78, 5) is 11.1. The SMILES string of the molecule is COc1ccc(Cn2nc(C=O)c3ccccc32)cc1. The lowest BCUT2D eigenvalue weighted by molar-refractivity contribution is 0.111. The second-order valence-corrected chi connectivity index (χ2v) is 4.53. The number of hydrogen-bond acceptors (Lipinski definition) is 3. The van der Waals surface area contributed by atoms with Crippen LogP contribution >= 0.6 is 0 Å². The van der Waals surface area contributed by atoms with Crippen LogP contribution in [0.5, 0.6) is 5.75 Å². The van der Waals surface area contributed by atoms with Crippen LogP contribution in [0.15, 0.2) is 48.5 Å². The molecule has 0 unspecified atom stereocenters. The number of rotatable bonds is 4. The Hall–Kier alpha value is -2.62. The van der Waals surface area contributed by atoms with Crippen molar-refractivity contribution in [3.63, 3.8) is 0 Å². The van der Waals surface area contributed by atoms with Gasteiger partial charge < -0.3 is 4.74 Å². The topological polar surface area (TPSA) is 44.1 Å². The van der Waals surface area contributed by atoms with Gasteiger partial charge in [0, 0.05) is 5.39 Å². The Morgan fingerprint density at radius 2 is 1.90 bits per heavy atom. The van der Waals surface area contributed by atoms with Crippen LogP contribution in [-0.2, 0) is 6.54 Å². The summed E-state index contributed by atoms with van der Waals surface area (Å²) in [5, 5.41) is 5.25. The summed E-state index contributed by atoms with van der Waals surface area (Å²) < 4.78 is 6.99. The number of aldehydes is 1. The van der Waals surface area contributed by atoms with Gasteiger partial charge in [0.15, 0.2) is 6.29 Å². The molecule has 0 aliphatic carbocycles. The van der Waals surface area contributed by atoms with Crippen LogP contribution in [0.4, 0.5) is 0 Å². The Labute approximate surface area is 116 Å². The van der Waals surface area contributed by atoms with Crippen molar-refractivity contribution >= 4 is 17.2 Å². The molecule has 2 aromatic carbocycles. The minimum absolute atomic E-state index is 0.481. The molecule has 3 aromatic rings. The summed E-state index contributed by atoms with van der Waals surface area (Å²) >= 11 is 0. The molecule has 0 N–H and O–H groups in total. The third kappa shape index (κ3) is 2.16. The van der Waals surface area contributed by atoms with Crippen molar-refractivity contribution in [3.8, 4) is 5.75 Å². The maximum Gasteiger partial charge on any atom is 0.170 e. The van der Waals surface area contributed by atoms with Crippen molar-refractivity contribution in [3.05, 3.63) is 59.8 Å². The van der Waals surface area contributed by atoms with E-state index in [-0.39, 0.29) is 0 Å². The van der Waals surface area contributed by atoms with Crippen molar-refractivity contribution in [2.24, 2.45) is 0 Å². The molecule has 4 nitrogen and oxygen atoms in total. The summed E-state index contributed by atoms with van der Waals surface area (Å²) in [6, 6.07) is 15.6. The van der Waals surface area contributed by atoms with Crippen molar-refractivity contribution in [2.75, 3.05) is 7.11 Å². The first kappa shape index (κ1) is 12.4. The number of carbonyl (C=O) groups excluding carboxylic acids is 1. The normalized spacial score (nSPS) is 10.7. The number of carbonyl (C=O) groups is 1. The van der Waals surface area contributed by atoms with E-state index in [0.717, 1.165) is 28.5 Å². The molecule has 0 spiro atoms. The highest BCUT2D eigenvalue weighted by atomic mass is 16.5. The van der Waals surface area contributed by atoms with E-state index in [1.807, 2.05) is 53.2 Å². The molecule has 3 rings (SSSR count). The predicted octanol–water partition coefficient (Wildman–Crippen LogP) is 2.91. The Morgan fingerprint density at radius 1 is 1.15 bits per heavy atom. The monoisotopic (exact) mass is 266 g/mol. The van der Waals surface area contributed by atoms with Gasteiger partial charge in [-0.2, -0.15) is 5.10 Å². The van der Waals surface area contributed by atoms with Gasteiger partial charge in [0.1, 0.15) is 11.4 Å². The molecular weight excluding hydrogens is 252 g/mol. The first-order chi connectivity index (χ1) is 9.81. The summed E-state index contributed by atoms with van der Waals surface area (Å²) in [6.45, 7) is 0.623. The highest BCUT2D eigenvalue weighted by Gasteiger charge is 2.09. The van der Waals surface area contributed by atoms with Crippen molar-refractivity contribution < 1.29 is 9.53 Å². The van der Waals surface area contributed by atoms with Gasteiger partial charge in [-0.3, -0.25) is 9.48 Å². The fourth-order valence-corrected chi connectivity index (χ4v) is 2.26. The molecule has 0 aliphatic rings. The van der Waals surface area contributed by atoms with E-state index in [9.17, 15) is 4.79 Å². The first-order valence-electron chi connectivity index (χ1n) is 6.35. The van der Waals surface area contributed by atoms with Gasteiger partial charge >= 0.3 is 0 Å². The van der Waals surface area contributed by atoms with Crippen molar-refractivity contribution in [1.29, 1.82) is 0 Å². The van der Waals surface area contributed by atoms with Gasteiger partial charge in [-0.05, 0) is 23.8 Å². The fourth-order valence-electron chi connectivity index (χ4n) is 2.26. The lowest BCUT2D eigenvalue weighted by Crippen LogP contribution is -2.02. The summed E-state index contributed by atoms with van der Waals surface area (Å²) in [6.07, 6.45) is 0.798. The maximum absolute atomic E-state index is 11.1. The van der Waals surface area contributed by atoms with Crippen LogP contribution in [0, 0.1) is 0 Å². The zero-order valence-corrected chi connectivity index (χ0v) is 11.1. The molecule has 1 aromatic heterocycles. The highest BCUT2D eigenvalue weighted by Crippen LogP contribution is 2.19. The van der Waals surface area contributed by atoms with Gasteiger partial charge in [0.2, 0.25) is 0 Å². The zero-order chi connectivity index (χ0) is 13.9. The molecule has 0 aliphatic heterocycles. The number of benzene rings is 2. The van der Waals surface area contributed by atoms with E-state index in [1.165, 1.54) is 0 Å². The molecule has 20 heavy (non-hydrogen) atoms. The number of ether oxygens (including phenoxy) is 1. The quantitative estimate of drug-likeness (QED) is 0.682. The average molecular weight is 266 g/mol. The number of aromatic nitrogens is 2. The van der Waals surface area contributed by atoms with Crippen molar-refractivity contribution in [1.82, 2.24) is 9.78 Å². The van der Waals surface area contributed by atoms with E-state index in [4.69, 9.17) is 4.74 Å². The van der Waals surface area contributed by atoms with Crippen LogP contribution in [0.3, 0.4) is 0 Å². The fraction of sp³-hybridized carbons (Fsp3) is 0.125. The average Bonchev–Trinajstić information content (AvgIpc) is 2.86. The smallest absolute Gasteiger partial charge is 0.170 e. The molecule has 0 amide bonds. The molecule has 0 bridgehead atoms. The predicted molar refractivity (Wildman–Crippen MR) is 77.2 cm³/mol. The number of para-hydroxylation sites is 1. The molecular formula is C16H14N2O2. The van der Waals surface area contributed by atoms with E-state index in [0.29, 0.717) is 12.2 Å². The Balaban J connectivity index is 1.99. The van der Waals surface area contributed by atoms with E-state index < -0.39 is 0 Å². The number of hydrogen-bond donors (Lipinski definition) is 0. The first-order valence-corrected chi connectivity index (χ1v) is 6.35. The van der Waals surface area contributed by atoms with Crippen LogP contribution in [0.25, 0.3) is 10.9 Å². The lowest BCUT2D eigenvalue weighted by atomic mass is 10.2. The van der Waals surface area contributed by atoms with Gasteiger partial charge in [0.25, 0.3) is 0 Å². The Kier molecular flexibility index (Phi) is 3.21. The van der Waals surface area contributed by atoms with E-state index in [2.05, 4.69) is 5.10 Å². The van der Waals surface area contributed by atoms with Gasteiger partial charge in [0.05, 0.1) is 19.2 Å².